The Hall–Kier alpha value is -1.91. The van der Waals surface area contributed by atoms with Gasteiger partial charge in [-0.05, 0) is 0 Å². The van der Waals surface area contributed by atoms with Gasteiger partial charge in [-0.3, -0.25) is 0 Å². The third-order valence-electron chi connectivity index (χ3n) is 5.48. The van der Waals surface area contributed by atoms with Gasteiger partial charge >= 0.3 is 85.1 Å². The van der Waals surface area contributed by atoms with Crippen LogP contribution in [-0.2, 0) is 23.8 Å². The first-order chi connectivity index (χ1) is 21.9. The van der Waals surface area contributed by atoms with Gasteiger partial charge < -0.3 is 9.79 Å². The van der Waals surface area contributed by atoms with Gasteiger partial charge in [-0.2, -0.15) is 119 Å². The molecule has 0 rings (SSSR count). The highest BCUT2D eigenvalue weighted by Gasteiger charge is 2.97. The smallest absolute Gasteiger partial charge is 0.303 e. The van der Waals surface area contributed by atoms with Gasteiger partial charge in [-0.25, -0.2) is 22.2 Å². The quantitative estimate of drug-likeness (QED) is 0.0874. The van der Waals surface area contributed by atoms with Crippen molar-refractivity contribution in [2.45, 2.75) is 84.2 Å². The number of halogens is 27. The second-order valence-electron chi connectivity index (χ2n) is 8.98. The van der Waals surface area contributed by atoms with Crippen molar-refractivity contribution >= 4 is 17.8 Å². The number of ether oxygens (including phenoxy) is 1. The number of phosphoric ester groups is 1. The number of alkyl halides is 27. The van der Waals surface area contributed by atoms with Crippen molar-refractivity contribution in [1.82, 2.24) is 4.31 Å². The monoisotopic (exact) mass is 889 g/mol. The second-order valence-corrected chi connectivity index (χ2v) is 12.0. The number of hydrogen-bond donors (Lipinski definition) is 2. The Bertz CT molecular complexity index is 1470. The molecule has 0 heterocycles. The van der Waals surface area contributed by atoms with E-state index in [1.807, 2.05) is 4.52 Å². The molecule has 0 bridgehead atoms. The van der Waals surface area contributed by atoms with Crippen molar-refractivity contribution in [3.63, 3.8) is 0 Å². The van der Waals surface area contributed by atoms with Crippen LogP contribution in [0.25, 0.3) is 0 Å². The molecular weight excluding hydrogens is 882 g/mol. The minimum Gasteiger partial charge on any atom is -0.303 e. The Balaban J connectivity index is 7.47. The van der Waals surface area contributed by atoms with E-state index in [4.69, 9.17) is 9.79 Å². The first-order valence-electron chi connectivity index (χ1n) is 10.9. The predicted octanol–water partition coefficient (Wildman–Crippen LogP) is 7.74. The van der Waals surface area contributed by atoms with Crippen LogP contribution in [0.4, 0.5) is 119 Å². The number of phosphoric acid groups is 1. The summed E-state index contributed by atoms with van der Waals surface area (Å²) < 4.78 is 398. The summed E-state index contributed by atoms with van der Waals surface area (Å²) in [5, 5.41) is -9.11. The van der Waals surface area contributed by atoms with E-state index < -0.39 is 113 Å². The number of sulfonamides is 1. The summed E-state index contributed by atoms with van der Waals surface area (Å²) in [6.07, 6.45) is -31.8. The summed E-state index contributed by atoms with van der Waals surface area (Å²) in [4.78, 5) is 16.0. The lowest BCUT2D eigenvalue weighted by molar-refractivity contribution is -0.512. The van der Waals surface area contributed by atoms with Gasteiger partial charge in [0.1, 0.15) is 0 Å². The zero-order valence-corrected chi connectivity index (χ0v) is 24.4. The molecule has 0 atom stereocenters. The fourth-order valence-electron chi connectivity index (χ4n) is 2.79. The zero-order valence-electron chi connectivity index (χ0n) is 22.7. The maximum atomic E-state index is 14.4. The van der Waals surface area contributed by atoms with Crippen molar-refractivity contribution < 1.29 is 151 Å². The molecule has 0 aromatic rings. The largest absolute Gasteiger partial charge is 0.474 e. The van der Waals surface area contributed by atoms with Gasteiger partial charge in [0.05, 0.1) is 0 Å². The minimum atomic E-state index is -9.61. The molecule has 0 fully saturated rings. The molecule has 0 aliphatic rings. The molecular formula is C15H7F27NO7PS. The summed E-state index contributed by atoms with van der Waals surface area (Å²) in [5.74, 6) is -64.7. The van der Waals surface area contributed by atoms with Crippen LogP contribution in [0.5, 0.6) is 0 Å². The highest BCUT2D eigenvalue weighted by atomic mass is 32.2. The lowest BCUT2D eigenvalue weighted by Gasteiger charge is -2.44. The van der Waals surface area contributed by atoms with E-state index in [2.05, 4.69) is 0 Å². The van der Waals surface area contributed by atoms with E-state index in [9.17, 15) is 132 Å². The highest BCUT2D eigenvalue weighted by molar-refractivity contribution is 7.90. The summed E-state index contributed by atoms with van der Waals surface area (Å²) in [5.41, 5.74) is 0. The van der Waals surface area contributed by atoms with Gasteiger partial charge in [0.2, 0.25) is 0 Å². The number of hydrogen-bond acceptors (Lipinski definition) is 5. The fraction of sp³-hybridized carbons (Fsp3) is 1.00. The summed E-state index contributed by atoms with van der Waals surface area (Å²) in [7, 11) is -16.7. The average Bonchev–Trinajstić information content (AvgIpc) is 2.84. The Kier molecular flexibility index (Phi) is 12.4. The lowest BCUT2D eigenvalue weighted by atomic mass is 9.91. The average molecular weight is 889 g/mol. The highest BCUT2D eigenvalue weighted by Crippen LogP contribution is 2.65. The number of nitrogens with zero attached hydrogens (tertiary/aromatic N) is 1. The molecule has 37 heteroatoms. The van der Waals surface area contributed by atoms with Crippen LogP contribution in [0.15, 0.2) is 0 Å². The molecule has 0 saturated carbocycles. The first kappa shape index (κ1) is 50.1. The van der Waals surface area contributed by atoms with Gasteiger partial charge in [0.15, 0.2) is 0 Å². The van der Waals surface area contributed by atoms with Crippen molar-refractivity contribution in [1.29, 1.82) is 0 Å². The molecule has 0 radical (unpaired) electrons. The molecule has 0 aliphatic heterocycles. The van der Waals surface area contributed by atoms with E-state index in [-0.39, 0.29) is 0 Å². The van der Waals surface area contributed by atoms with Gasteiger partial charge in [0.25, 0.3) is 10.0 Å². The molecule has 8 nitrogen and oxygen atoms in total. The standard InChI is InChI=1S/C15H7F27NO7PS/c1-2-43(11(33,34)9(28,29)12(35,36)49-13(37,38)14(39,40)50-51(44,45)46)52(47,48)15(41,42)8(26,27)6(22,23)4(18,19)3(16,17)5(20,21)7(24,25)10(30,31)32/h2H2,1H3,(H2,44,45,46). The van der Waals surface area contributed by atoms with Crippen molar-refractivity contribution in [2.24, 2.45) is 0 Å². The van der Waals surface area contributed by atoms with Crippen LogP contribution in [-0.4, -0.2) is 106 Å². The third kappa shape index (κ3) is 7.04. The summed E-state index contributed by atoms with van der Waals surface area (Å²) in [6, 6.07) is -8.39. The molecule has 0 aromatic carbocycles. The second kappa shape index (κ2) is 12.8. The maximum Gasteiger partial charge on any atom is 0.474 e. The van der Waals surface area contributed by atoms with Crippen LogP contribution in [0, 0.1) is 0 Å². The van der Waals surface area contributed by atoms with E-state index in [0.29, 0.717) is 0 Å². The van der Waals surface area contributed by atoms with E-state index in [1.165, 1.54) is 4.74 Å². The van der Waals surface area contributed by atoms with Gasteiger partial charge in [0, 0.05) is 6.54 Å². The topological polar surface area (TPSA) is 113 Å². The molecule has 0 aromatic heterocycles. The SMILES string of the molecule is CCN(C(F)(F)C(F)(F)C(F)(F)OC(F)(F)C(F)(F)OP(=O)(O)O)S(=O)(=O)C(F)(F)C(F)(F)C(F)(F)C(F)(F)C(F)(F)C(F)(F)C(F)(F)C(F)(F)F. The lowest BCUT2D eigenvalue weighted by Crippen LogP contribution is -2.76. The van der Waals surface area contributed by atoms with E-state index in [0.717, 1.165) is 0 Å². The molecule has 0 unspecified atom stereocenters. The van der Waals surface area contributed by atoms with Gasteiger partial charge in [-0.1, -0.05) is 6.92 Å². The molecule has 0 aliphatic carbocycles. The Morgan fingerprint density at radius 2 is 0.808 bits per heavy atom. The van der Waals surface area contributed by atoms with Crippen LogP contribution in [0.2, 0.25) is 0 Å². The molecule has 0 spiro atoms. The van der Waals surface area contributed by atoms with Gasteiger partial charge in [-0.15, -0.1) is 4.31 Å². The molecule has 0 saturated heterocycles. The van der Waals surface area contributed by atoms with Crippen LogP contribution in [0.3, 0.4) is 0 Å². The Morgan fingerprint density at radius 3 is 1.10 bits per heavy atom. The fourth-order valence-corrected chi connectivity index (χ4v) is 4.68. The van der Waals surface area contributed by atoms with Crippen molar-refractivity contribution in [3.05, 3.63) is 0 Å². The maximum absolute atomic E-state index is 14.4. The summed E-state index contributed by atoms with van der Waals surface area (Å²) in [6.45, 7) is -4.15. The van der Waals surface area contributed by atoms with E-state index in [1.54, 1.807) is 0 Å². The first-order valence-corrected chi connectivity index (χ1v) is 13.9. The molecule has 2 N–H and O–H groups in total. The van der Waals surface area contributed by atoms with Crippen LogP contribution in [0.1, 0.15) is 6.92 Å². The normalized spacial score (nSPS) is 16.9. The van der Waals surface area contributed by atoms with Crippen molar-refractivity contribution in [3.8, 4) is 0 Å². The number of rotatable bonds is 17. The summed E-state index contributed by atoms with van der Waals surface area (Å²) >= 11 is 0. The van der Waals surface area contributed by atoms with Crippen LogP contribution < -0.4 is 0 Å². The zero-order chi connectivity index (χ0) is 43.2. The molecule has 0 amide bonds. The predicted molar refractivity (Wildman–Crippen MR) is 101 cm³/mol. The third-order valence-corrected chi connectivity index (χ3v) is 7.92. The van der Waals surface area contributed by atoms with Crippen LogP contribution >= 0.6 is 7.82 Å². The Labute approximate surface area is 264 Å². The molecule has 314 valence electrons. The van der Waals surface area contributed by atoms with Crippen molar-refractivity contribution in [2.75, 3.05) is 6.54 Å². The Morgan fingerprint density at radius 1 is 0.500 bits per heavy atom. The van der Waals surface area contributed by atoms with E-state index >= 15 is 0 Å². The molecule has 52 heavy (non-hydrogen) atoms. The minimum absolute atomic E-state index is 0.758.